The molecule has 21 heavy (non-hydrogen) atoms. The number of allylic oxidation sites excluding steroid dienone is 1. The molecule has 3 heteroatoms. The summed E-state index contributed by atoms with van der Waals surface area (Å²) in [6.45, 7) is 3.28. The van der Waals surface area contributed by atoms with Crippen LogP contribution in [0.15, 0.2) is 47.9 Å². The van der Waals surface area contributed by atoms with Crippen molar-refractivity contribution in [1.82, 2.24) is 4.90 Å². The number of benzene rings is 1. The van der Waals surface area contributed by atoms with Gasteiger partial charge in [0.05, 0.1) is 4.88 Å². The fourth-order valence-electron chi connectivity index (χ4n) is 2.79. The zero-order chi connectivity index (χ0) is 14.5. The fourth-order valence-corrected chi connectivity index (χ4v) is 3.46. The van der Waals surface area contributed by atoms with E-state index in [0.717, 1.165) is 37.4 Å². The summed E-state index contributed by atoms with van der Waals surface area (Å²) in [5.74, 6) is 0.483. The standard InChI is InChI=1S/C18H20FNS/c19-17-10-13-21-18(17)7-6-15-8-11-20(12-9-15)14-16-4-2-1-3-5-16/h1-7,10,13,15H,8-9,11-12,14H2/b7-6+. The first-order chi connectivity index (χ1) is 10.3. The molecule has 0 aliphatic carbocycles. The van der Waals surface area contributed by atoms with E-state index < -0.39 is 0 Å². The van der Waals surface area contributed by atoms with E-state index in [1.54, 1.807) is 5.38 Å². The Hall–Kier alpha value is -1.45. The van der Waals surface area contributed by atoms with Crippen LogP contribution in [0.3, 0.4) is 0 Å². The second-order valence-corrected chi connectivity index (χ2v) is 6.54. The van der Waals surface area contributed by atoms with Crippen LogP contribution in [0, 0.1) is 11.7 Å². The first-order valence-electron chi connectivity index (χ1n) is 7.49. The maximum Gasteiger partial charge on any atom is 0.141 e. The van der Waals surface area contributed by atoms with Crippen LogP contribution >= 0.6 is 11.3 Å². The number of piperidine rings is 1. The number of hydrogen-bond donors (Lipinski definition) is 0. The fraction of sp³-hybridized carbons (Fsp3) is 0.333. The molecule has 1 aromatic heterocycles. The minimum Gasteiger partial charge on any atom is -0.299 e. The quantitative estimate of drug-likeness (QED) is 0.783. The summed E-state index contributed by atoms with van der Waals surface area (Å²) >= 11 is 1.47. The highest BCUT2D eigenvalue weighted by Gasteiger charge is 2.17. The number of nitrogens with zero attached hydrogens (tertiary/aromatic N) is 1. The normalized spacial score (nSPS) is 17.6. The SMILES string of the molecule is Fc1ccsc1/C=C/C1CCN(Cc2ccccc2)CC1. The van der Waals surface area contributed by atoms with Crippen molar-refractivity contribution in [3.63, 3.8) is 0 Å². The molecule has 1 nitrogen and oxygen atoms in total. The van der Waals surface area contributed by atoms with Crippen LogP contribution in [0.4, 0.5) is 4.39 Å². The summed E-state index contributed by atoms with van der Waals surface area (Å²) in [5, 5.41) is 1.80. The molecule has 1 aliphatic heterocycles. The smallest absolute Gasteiger partial charge is 0.141 e. The lowest BCUT2D eigenvalue weighted by Gasteiger charge is -2.30. The Morgan fingerprint density at radius 3 is 2.57 bits per heavy atom. The summed E-state index contributed by atoms with van der Waals surface area (Å²) in [6, 6.07) is 12.2. The highest BCUT2D eigenvalue weighted by Crippen LogP contribution is 2.23. The highest BCUT2D eigenvalue weighted by molar-refractivity contribution is 7.10. The summed E-state index contributed by atoms with van der Waals surface area (Å²) < 4.78 is 13.4. The van der Waals surface area contributed by atoms with Crippen LogP contribution in [0.25, 0.3) is 6.08 Å². The van der Waals surface area contributed by atoms with Gasteiger partial charge in [0.2, 0.25) is 0 Å². The minimum absolute atomic E-state index is 0.0993. The Kier molecular flexibility index (Phi) is 4.84. The Bertz CT molecular complexity index is 582. The molecule has 110 valence electrons. The van der Waals surface area contributed by atoms with Gasteiger partial charge in [-0.15, -0.1) is 11.3 Å². The van der Waals surface area contributed by atoms with Crippen LogP contribution in [-0.4, -0.2) is 18.0 Å². The monoisotopic (exact) mass is 301 g/mol. The molecular weight excluding hydrogens is 281 g/mol. The largest absolute Gasteiger partial charge is 0.299 e. The van der Waals surface area contributed by atoms with Crippen molar-refractivity contribution >= 4 is 17.4 Å². The molecule has 2 aromatic rings. The van der Waals surface area contributed by atoms with E-state index in [9.17, 15) is 4.39 Å². The molecule has 0 amide bonds. The summed E-state index contributed by atoms with van der Waals surface area (Å²) in [6.07, 6.45) is 6.47. The van der Waals surface area contributed by atoms with Gasteiger partial charge < -0.3 is 0 Å². The molecule has 0 saturated carbocycles. The number of thiophene rings is 1. The third kappa shape index (κ3) is 4.02. The van der Waals surface area contributed by atoms with Gasteiger partial charge in [-0.3, -0.25) is 4.90 Å². The highest BCUT2D eigenvalue weighted by atomic mass is 32.1. The van der Waals surface area contributed by atoms with E-state index >= 15 is 0 Å². The second-order valence-electron chi connectivity index (χ2n) is 5.59. The van der Waals surface area contributed by atoms with Crippen molar-refractivity contribution in [2.45, 2.75) is 19.4 Å². The Balaban J connectivity index is 1.49. The molecule has 3 rings (SSSR count). The lowest BCUT2D eigenvalue weighted by molar-refractivity contribution is 0.196. The third-order valence-electron chi connectivity index (χ3n) is 4.05. The molecule has 0 atom stereocenters. The van der Waals surface area contributed by atoms with E-state index in [1.807, 2.05) is 6.08 Å². The Morgan fingerprint density at radius 1 is 1.14 bits per heavy atom. The van der Waals surface area contributed by atoms with Crippen LogP contribution in [0.5, 0.6) is 0 Å². The van der Waals surface area contributed by atoms with Crippen molar-refractivity contribution in [1.29, 1.82) is 0 Å². The van der Waals surface area contributed by atoms with E-state index in [4.69, 9.17) is 0 Å². The van der Waals surface area contributed by atoms with E-state index in [2.05, 4.69) is 41.3 Å². The third-order valence-corrected chi connectivity index (χ3v) is 4.90. The second kappa shape index (κ2) is 7.01. The first kappa shape index (κ1) is 14.5. The zero-order valence-electron chi connectivity index (χ0n) is 12.0. The molecule has 0 bridgehead atoms. The number of hydrogen-bond acceptors (Lipinski definition) is 2. The van der Waals surface area contributed by atoms with Gasteiger partial charge in [-0.2, -0.15) is 0 Å². The van der Waals surface area contributed by atoms with Crippen LogP contribution < -0.4 is 0 Å². The summed E-state index contributed by atoms with van der Waals surface area (Å²) in [5.41, 5.74) is 1.38. The molecular formula is C18H20FNS. The van der Waals surface area contributed by atoms with Crippen molar-refractivity contribution in [2.24, 2.45) is 5.92 Å². The molecule has 1 aliphatic rings. The lowest BCUT2D eigenvalue weighted by Crippen LogP contribution is -2.32. The van der Waals surface area contributed by atoms with Gasteiger partial charge in [-0.05, 0) is 54.9 Å². The van der Waals surface area contributed by atoms with Gasteiger partial charge in [0, 0.05) is 6.54 Å². The van der Waals surface area contributed by atoms with Crippen molar-refractivity contribution in [2.75, 3.05) is 13.1 Å². The Morgan fingerprint density at radius 2 is 1.90 bits per heavy atom. The predicted molar refractivity (Wildman–Crippen MR) is 87.8 cm³/mol. The maximum atomic E-state index is 13.4. The topological polar surface area (TPSA) is 3.24 Å². The van der Waals surface area contributed by atoms with Crippen LogP contribution in [-0.2, 0) is 6.54 Å². The van der Waals surface area contributed by atoms with E-state index in [0.29, 0.717) is 5.92 Å². The lowest BCUT2D eigenvalue weighted by atomic mass is 9.96. The molecule has 0 radical (unpaired) electrons. The van der Waals surface area contributed by atoms with Gasteiger partial charge >= 0.3 is 0 Å². The minimum atomic E-state index is -0.0993. The van der Waals surface area contributed by atoms with Gasteiger partial charge in [0.25, 0.3) is 0 Å². The number of likely N-dealkylation sites (tertiary alicyclic amines) is 1. The van der Waals surface area contributed by atoms with Crippen LogP contribution in [0.1, 0.15) is 23.3 Å². The Labute approximate surface area is 129 Å². The van der Waals surface area contributed by atoms with Crippen LogP contribution in [0.2, 0.25) is 0 Å². The van der Waals surface area contributed by atoms with Crippen molar-refractivity contribution < 1.29 is 4.39 Å². The van der Waals surface area contributed by atoms with Crippen molar-refractivity contribution in [3.05, 3.63) is 64.1 Å². The average molecular weight is 301 g/mol. The zero-order valence-corrected chi connectivity index (χ0v) is 12.9. The van der Waals surface area contributed by atoms with E-state index in [-0.39, 0.29) is 5.82 Å². The van der Waals surface area contributed by atoms with Gasteiger partial charge in [0.1, 0.15) is 5.82 Å². The average Bonchev–Trinajstić information content (AvgIpc) is 2.93. The first-order valence-corrected chi connectivity index (χ1v) is 8.37. The number of halogens is 1. The predicted octanol–water partition coefficient (Wildman–Crippen LogP) is 4.81. The summed E-state index contributed by atoms with van der Waals surface area (Å²) in [7, 11) is 0. The van der Waals surface area contributed by atoms with Gasteiger partial charge in [-0.25, -0.2) is 4.39 Å². The summed E-state index contributed by atoms with van der Waals surface area (Å²) in [4.78, 5) is 3.26. The van der Waals surface area contributed by atoms with Gasteiger partial charge in [0.15, 0.2) is 0 Å². The van der Waals surface area contributed by atoms with Crippen molar-refractivity contribution in [3.8, 4) is 0 Å². The molecule has 0 N–H and O–H groups in total. The molecule has 2 heterocycles. The molecule has 1 saturated heterocycles. The molecule has 0 spiro atoms. The number of rotatable bonds is 4. The molecule has 1 fully saturated rings. The van der Waals surface area contributed by atoms with Gasteiger partial charge in [-0.1, -0.05) is 36.4 Å². The maximum absolute atomic E-state index is 13.4. The molecule has 1 aromatic carbocycles. The van der Waals surface area contributed by atoms with E-state index in [1.165, 1.54) is 23.0 Å². The molecule has 0 unspecified atom stereocenters.